The molecule has 2 aromatic carbocycles. The molecule has 0 aliphatic rings. The van der Waals surface area contributed by atoms with E-state index in [-0.39, 0.29) is 11.3 Å². The molecule has 8 nitrogen and oxygen atoms in total. The molecule has 0 fully saturated rings. The van der Waals surface area contributed by atoms with E-state index in [2.05, 4.69) is 10.5 Å². The number of hydrogen-bond acceptors (Lipinski definition) is 7. The Labute approximate surface area is 156 Å². The molecule has 2 rings (SSSR count). The molecule has 0 spiro atoms. The molecule has 0 aliphatic heterocycles. The highest BCUT2D eigenvalue weighted by molar-refractivity contribution is 6.02. The summed E-state index contributed by atoms with van der Waals surface area (Å²) in [6, 6.07) is 9.71. The average Bonchev–Trinajstić information content (AvgIpc) is 2.67. The lowest BCUT2D eigenvalue weighted by molar-refractivity contribution is 0.0526. The van der Waals surface area contributed by atoms with Gasteiger partial charge in [0.1, 0.15) is 5.56 Å². The number of methoxy groups -OCH3 is 2. The van der Waals surface area contributed by atoms with E-state index in [1.54, 1.807) is 43.3 Å². The van der Waals surface area contributed by atoms with Crippen molar-refractivity contribution in [2.75, 3.05) is 26.3 Å². The number of hydrazone groups is 1. The van der Waals surface area contributed by atoms with Gasteiger partial charge in [-0.1, -0.05) is 0 Å². The summed E-state index contributed by atoms with van der Waals surface area (Å²) in [6.45, 7) is 2.04. The maximum atomic E-state index is 11.6. The van der Waals surface area contributed by atoms with Crippen molar-refractivity contribution in [3.8, 4) is 11.5 Å². The van der Waals surface area contributed by atoms with Crippen LogP contribution in [0.1, 0.15) is 33.2 Å². The predicted octanol–water partition coefficient (Wildman–Crippen LogP) is 3.02. The number of carbonyl (C=O) groups is 2. The Morgan fingerprint density at radius 1 is 1.11 bits per heavy atom. The van der Waals surface area contributed by atoms with Crippen LogP contribution in [0.5, 0.6) is 11.5 Å². The van der Waals surface area contributed by atoms with Crippen molar-refractivity contribution in [1.82, 2.24) is 0 Å². The van der Waals surface area contributed by atoms with E-state index in [4.69, 9.17) is 14.2 Å². The number of anilines is 1. The Hall–Kier alpha value is -3.55. The number of esters is 1. The highest BCUT2D eigenvalue weighted by Gasteiger charge is 2.20. The first-order chi connectivity index (χ1) is 13.0. The largest absolute Gasteiger partial charge is 0.493 e. The molecule has 2 N–H and O–H groups in total. The van der Waals surface area contributed by atoms with E-state index in [1.165, 1.54) is 20.4 Å². The molecular weight excluding hydrogens is 352 g/mol. The van der Waals surface area contributed by atoms with Gasteiger partial charge in [-0.15, -0.1) is 0 Å². The van der Waals surface area contributed by atoms with Crippen LogP contribution >= 0.6 is 0 Å². The number of carboxylic acids is 1. The predicted molar refractivity (Wildman–Crippen MR) is 100 cm³/mol. The van der Waals surface area contributed by atoms with Gasteiger partial charge in [-0.25, -0.2) is 9.59 Å². The maximum absolute atomic E-state index is 11.6. The Morgan fingerprint density at radius 2 is 1.81 bits per heavy atom. The van der Waals surface area contributed by atoms with Crippen molar-refractivity contribution in [2.45, 2.75) is 6.92 Å². The van der Waals surface area contributed by atoms with Crippen LogP contribution in [-0.2, 0) is 4.74 Å². The van der Waals surface area contributed by atoms with E-state index >= 15 is 0 Å². The third-order valence-electron chi connectivity index (χ3n) is 3.59. The Morgan fingerprint density at radius 3 is 2.37 bits per heavy atom. The number of rotatable bonds is 8. The number of carboxylic acid groups (broad SMARTS) is 1. The lowest BCUT2D eigenvalue weighted by Crippen LogP contribution is -2.07. The topological polar surface area (TPSA) is 106 Å². The smallest absolute Gasteiger partial charge is 0.340 e. The minimum Gasteiger partial charge on any atom is -0.493 e. The van der Waals surface area contributed by atoms with Crippen molar-refractivity contribution >= 4 is 23.8 Å². The minimum atomic E-state index is -1.16. The van der Waals surface area contributed by atoms with Crippen molar-refractivity contribution in [2.24, 2.45) is 5.10 Å². The molecule has 2 aromatic rings. The van der Waals surface area contributed by atoms with Gasteiger partial charge in [0.25, 0.3) is 0 Å². The molecule has 8 heteroatoms. The summed E-state index contributed by atoms with van der Waals surface area (Å²) in [6.07, 6.45) is 1.37. The summed E-state index contributed by atoms with van der Waals surface area (Å²) in [5.41, 5.74) is 4.12. The number of ether oxygens (including phenoxy) is 3. The molecule has 0 unspecified atom stereocenters. The van der Waals surface area contributed by atoms with Crippen LogP contribution in [-0.4, -0.2) is 44.1 Å². The van der Waals surface area contributed by atoms with Crippen molar-refractivity contribution < 1.29 is 28.9 Å². The van der Waals surface area contributed by atoms with Crippen molar-refractivity contribution in [1.29, 1.82) is 0 Å². The van der Waals surface area contributed by atoms with Gasteiger partial charge in [0, 0.05) is 5.56 Å². The van der Waals surface area contributed by atoms with Gasteiger partial charge in [0.05, 0.1) is 38.3 Å². The molecule has 0 aromatic heterocycles. The zero-order valence-electron chi connectivity index (χ0n) is 15.2. The second-order valence-corrected chi connectivity index (χ2v) is 5.24. The molecule has 0 amide bonds. The number of carbonyl (C=O) groups excluding carboxylic acids is 1. The number of nitrogens with one attached hydrogen (secondary N) is 1. The highest BCUT2D eigenvalue weighted by atomic mass is 16.5. The summed E-state index contributed by atoms with van der Waals surface area (Å²) in [5, 5.41) is 13.5. The van der Waals surface area contributed by atoms with Gasteiger partial charge in [-0.05, 0) is 43.3 Å². The number of nitrogens with zero attached hydrogens (tertiary/aromatic N) is 1. The normalized spacial score (nSPS) is 10.5. The number of benzene rings is 2. The molecule has 0 saturated carbocycles. The van der Waals surface area contributed by atoms with Crippen LogP contribution in [0.15, 0.2) is 41.5 Å². The van der Waals surface area contributed by atoms with Crippen molar-refractivity contribution in [3.05, 3.63) is 53.1 Å². The first-order valence-corrected chi connectivity index (χ1v) is 8.06. The Bertz CT molecular complexity index is 846. The molecule has 0 heterocycles. The molecule has 27 heavy (non-hydrogen) atoms. The van der Waals surface area contributed by atoms with E-state index < -0.39 is 11.9 Å². The van der Waals surface area contributed by atoms with Crippen LogP contribution in [0, 0.1) is 0 Å². The zero-order chi connectivity index (χ0) is 19.8. The summed E-state index contributed by atoms with van der Waals surface area (Å²) in [4.78, 5) is 23.2. The van der Waals surface area contributed by atoms with E-state index in [1.807, 2.05) is 0 Å². The van der Waals surface area contributed by atoms with Crippen LogP contribution in [0.2, 0.25) is 0 Å². The fourth-order valence-electron chi connectivity index (χ4n) is 2.34. The van der Waals surface area contributed by atoms with Crippen LogP contribution in [0.25, 0.3) is 0 Å². The highest BCUT2D eigenvalue weighted by Crippen LogP contribution is 2.32. The van der Waals surface area contributed by atoms with E-state index in [0.717, 1.165) is 0 Å². The van der Waals surface area contributed by atoms with Crippen molar-refractivity contribution in [3.63, 3.8) is 0 Å². The first-order valence-electron chi connectivity index (χ1n) is 8.06. The SMILES string of the molecule is CCOC(=O)c1ccc(N/N=C\c2ccc(OC)c(OC)c2C(=O)O)cc1. The molecule has 0 aliphatic carbocycles. The molecule has 0 atom stereocenters. The summed E-state index contributed by atoms with van der Waals surface area (Å²) in [7, 11) is 2.80. The monoisotopic (exact) mass is 372 g/mol. The van der Waals surface area contributed by atoms with E-state index in [0.29, 0.717) is 29.2 Å². The fraction of sp³-hybridized carbons (Fsp3) is 0.211. The molecule has 0 radical (unpaired) electrons. The standard InChI is InChI=1S/C19H20N2O6/c1-4-27-19(24)12-5-8-14(9-6-12)21-20-11-13-7-10-15(25-2)17(26-3)16(13)18(22)23/h5-11,21H,4H2,1-3H3,(H,22,23)/b20-11-. The number of hydrogen-bond donors (Lipinski definition) is 2. The van der Waals surface area contributed by atoms with Gasteiger partial charge in [-0.3, -0.25) is 5.43 Å². The Kier molecular flexibility index (Phi) is 6.76. The molecule has 0 bridgehead atoms. The van der Waals surface area contributed by atoms with Gasteiger partial charge in [-0.2, -0.15) is 5.10 Å². The van der Waals surface area contributed by atoms with Gasteiger partial charge >= 0.3 is 11.9 Å². The third-order valence-corrected chi connectivity index (χ3v) is 3.59. The molecular formula is C19H20N2O6. The lowest BCUT2D eigenvalue weighted by Gasteiger charge is -2.12. The van der Waals surface area contributed by atoms with Gasteiger partial charge in [0.2, 0.25) is 0 Å². The van der Waals surface area contributed by atoms with Gasteiger partial charge in [0.15, 0.2) is 11.5 Å². The maximum Gasteiger partial charge on any atom is 0.340 e. The van der Waals surface area contributed by atoms with E-state index in [9.17, 15) is 14.7 Å². The first kappa shape index (κ1) is 19.8. The number of aromatic carboxylic acids is 1. The minimum absolute atomic E-state index is 0.0555. The molecule has 0 saturated heterocycles. The van der Waals surface area contributed by atoms with Crippen LogP contribution in [0.3, 0.4) is 0 Å². The van der Waals surface area contributed by atoms with Gasteiger partial charge < -0.3 is 19.3 Å². The van der Waals surface area contributed by atoms with Crippen LogP contribution < -0.4 is 14.9 Å². The molecule has 142 valence electrons. The average molecular weight is 372 g/mol. The summed E-state index contributed by atoms with van der Waals surface area (Å²) >= 11 is 0. The summed E-state index contributed by atoms with van der Waals surface area (Å²) < 4.78 is 15.2. The summed E-state index contributed by atoms with van der Waals surface area (Å²) in [5.74, 6) is -1.13. The third kappa shape index (κ3) is 4.75. The second-order valence-electron chi connectivity index (χ2n) is 5.24. The second kappa shape index (κ2) is 9.23. The van der Waals surface area contributed by atoms with Crippen LogP contribution in [0.4, 0.5) is 5.69 Å². The quantitative estimate of drug-likeness (QED) is 0.417. The Balaban J connectivity index is 2.19. The lowest BCUT2D eigenvalue weighted by atomic mass is 10.1. The zero-order valence-corrected chi connectivity index (χ0v) is 15.2. The fourth-order valence-corrected chi connectivity index (χ4v) is 2.34.